The van der Waals surface area contributed by atoms with Crippen molar-refractivity contribution < 1.29 is 24.2 Å². The van der Waals surface area contributed by atoms with Crippen LogP contribution in [0.15, 0.2) is 0 Å². The molecule has 0 spiro atoms. The standard InChI is InChI=1S/C13H22O5/c1-2-18-12(16)13(7-4-3-5-8-14)10-17-9-6-11(13)15/h14H,2-10H2,1H3. The van der Waals surface area contributed by atoms with Crippen molar-refractivity contribution >= 4 is 11.8 Å². The van der Waals surface area contributed by atoms with Crippen LogP contribution < -0.4 is 0 Å². The van der Waals surface area contributed by atoms with Gasteiger partial charge in [-0.3, -0.25) is 9.59 Å². The molecule has 1 rings (SSSR count). The van der Waals surface area contributed by atoms with Gasteiger partial charge in [-0.2, -0.15) is 0 Å². The van der Waals surface area contributed by atoms with Gasteiger partial charge in [0.05, 0.1) is 19.8 Å². The molecule has 1 N–H and O–H groups in total. The van der Waals surface area contributed by atoms with E-state index in [0.29, 0.717) is 25.9 Å². The van der Waals surface area contributed by atoms with E-state index in [2.05, 4.69) is 0 Å². The Morgan fingerprint density at radius 3 is 2.83 bits per heavy atom. The van der Waals surface area contributed by atoms with Gasteiger partial charge in [-0.05, 0) is 19.8 Å². The van der Waals surface area contributed by atoms with E-state index in [4.69, 9.17) is 14.6 Å². The predicted molar refractivity (Wildman–Crippen MR) is 65.1 cm³/mol. The van der Waals surface area contributed by atoms with Crippen LogP contribution in [0.4, 0.5) is 0 Å². The van der Waals surface area contributed by atoms with Crippen LogP contribution >= 0.6 is 0 Å². The van der Waals surface area contributed by atoms with Crippen LogP contribution in [-0.2, 0) is 19.1 Å². The van der Waals surface area contributed by atoms with E-state index in [1.165, 1.54) is 0 Å². The summed E-state index contributed by atoms with van der Waals surface area (Å²) in [5.74, 6) is -0.533. The lowest BCUT2D eigenvalue weighted by Crippen LogP contribution is -2.48. The fourth-order valence-electron chi connectivity index (χ4n) is 2.20. The molecule has 1 atom stereocenters. The SMILES string of the molecule is CCOC(=O)C1(CCCCCO)COCCC1=O. The quantitative estimate of drug-likeness (QED) is 0.420. The molecule has 0 amide bonds. The predicted octanol–water partition coefficient (Wildman–Crippen LogP) is 1.08. The van der Waals surface area contributed by atoms with Crippen molar-refractivity contribution in [1.29, 1.82) is 0 Å². The molecule has 1 saturated heterocycles. The summed E-state index contributed by atoms with van der Waals surface area (Å²) in [6, 6.07) is 0. The maximum absolute atomic E-state index is 12.1. The monoisotopic (exact) mass is 258 g/mol. The number of unbranched alkanes of at least 4 members (excludes halogenated alkanes) is 2. The fourth-order valence-corrected chi connectivity index (χ4v) is 2.20. The summed E-state index contributed by atoms with van der Waals surface area (Å²) in [4.78, 5) is 24.1. The zero-order valence-corrected chi connectivity index (χ0v) is 10.9. The molecule has 5 heteroatoms. The summed E-state index contributed by atoms with van der Waals surface area (Å²) in [5.41, 5.74) is -1.11. The molecule has 0 bridgehead atoms. The molecule has 0 aromatic carbocycles. The topological polar surface area (TPSA) is 72.8 Å². The smallest absolute Gasteiger partial charge is 0.322 e. The van der Waals surface area contributed by atoms with Crippen molar-refractivity contribution in [3.8, 4) is 0 Å². The molecular weight excluding hydrogens is 236 g/mol. The van der Waals surface area contributed by atoms with Gasteiger partial charge in [0.1, 0.15) is 5.41 Å². The highest BCUT2D eigenvalue weighted by Gasteiger charge is 2.48. The van der Waals surface area contributed by atoms with Crippen LogP contribution in [-0.4, -0.2) is 43.3 Å². The van der Waals surface area contributed by atoms with E-state index in [1.54, 1.807) is 6.92 Å². The summed E-state index contributed by atoms with van der Waals surface area (Å²) in [6.07, 6.45) is 2.93. The van der Waals surface area contributed by atoms with Crippen molar-refractivity contribution in [2.24, 2.45) is 5.41 Å². The van der Waals surface area contributed by atoms with Gasteiger partial charge in [0, 0.05) is 13.0 Å². The third-order valence-corrected chi connectivity index (χ3v) is 3.28. The lowest BCUT2D eigenvalue weighted by Gasteiger charge is -2.33. The first-order valence-electron chi connectivity index (χ1n) is 6.56. The second-order valence-electron chi connectivity index (χ2n) is 4.56. The van der Waals surface area contributed by atoms with E-state index in [-0.39, 0.29) is 32.0 Å². The highest BCUT2D eigenvalue weighted by atomic mass is 16.5. The minimum absolute atomic E-state index is 0.0730. The number of esters is 1. The summed E-state index contributed by atoms with van der Waals surface area (Å²) in [5, 5.41) is 8.73. The minimum Gasteiger partial charge on any atom is -0.465 e. The Morgan fingerprint density at radius 1 is 1.44 bits per heavy atom. The number of carbonyl (C=O) groups excluding carboxylic acids is 2. The summed E-state index contributed by atoms with van der Waals surface area (Å²) in [6.45, 7) is 2.65. The lowest BCUT2D eigenvalue weighted by atomic mass is 9.77. The largest absolute Gasteiger partial charge is 0.465 e. The number of hydrogen-bond acceptors (Lipinski definition) is 5. The highest BCUT2D eigenvalue weighted by molar-refractivity contribution is 6.04. The van der Waals surface area contributed by atoms with Crippen molar-refractivity contribution in [3.05, 3.63) is 0 Å². The van der Waals surface area contributed by atoms with Crippen LogP contribution in [0.2, 0.25) is 0 Å². The first-order valence-corrected chi connectivity index (χ1v) is 6.56. The summed E-state index contributed by atoms with van der Waals surface area (Å²) < 4.78 is 10.3. The van der Waals surface area contributed by atoms with Crippen molar-refractivity contribution in [3.63, 3.8) is 0 Å². The van der Waals surface area contributed by atoms with Gasteiger partial charge in [0.2, 0.25) is 0 Å². The Balaban J connectivity index is 2.67. The summed E-state index contributed by atoms with van der Waals surface area (Å²) >= 11 is 0. The average molecular weight is 258 g/mol. The van der Waals surface area contributed by atoms with Gasteiger partial charge in [-0.1, -0.05) is 12.8 Å². The molecule has 1 aliphatic heterocycles. The van der Waals surface area contributed by atoms with Gasteiger partial charge in [-0.25, -0.2) is 0 Å². The number of aliphatic hydroxyl groups is 1. The Hall–Kier alpha value is -0.940. The molecule has 1 heterocycles. The number of carbonyl (C=O) groups is 2. The number of aliphatic hydroxyl groups excluding tert-OH is 1. The Kier molecular flexibility index (Phi) is 6.29. The Morgan fingerprint density at radius 2 is 2.22 bits per heavy atom. The zero-order chi connectivity index (χ0) is 13.4. The number of ketones is 1. The zero-order valence-electron chi connectivity index (χ0n) is 10.9. The van der Waals surface area contributed by atoms with Crippen molar-refractivity contribution in [2.75, 3.05) is 26.4 Å². The second kappa shape index (κ2) is 7.48. The maximum atomic E-state index is 12.1. The first kappa shape index (κ1) is 15.1. The van der Waals surface area contributed by atoms with Crippen LogP contribution in [0.3, 0.4) is 0 Å². The molecule has 0 radical (unpaired) electrons. The van der Waals surface area contributed by atoms with E-state index in [1.807, 2.05) is 0 Å². The first-order chi connectivity index (χ1) is 8.67. The third kappa shape index (κ3) is 3.53. The number of hydrogen-bond donors (Lipinski definition) is 1. The Labute approximate surface area is 107 Å². The van der Waals surface area contributed by atoms with Crippen LogP contribution in [0.25, 0.3) is 0 Å². The normalized spacial score (nSPS) is 24.0. The van der Waals surface area contributed by atoms with E-state index in [0.717, 1.165) is 6.42 Å². The van der Waals surface area contributed by atoms with Gasteiger partial charge in [0.15, 0.2) is 5.78 Å². The number of rotatable bonds is 7. The molecule has 1 unspecified atom stereocenters. The molecule has 0 aromatic rings. The molecule has 18 heavy (non-hydrogen) atoms. The van der Waals surface area contributed by atoms with Crippen molar-refractivity contribution in [2.45, 2.75) is 39.0 Å². The van der Waals surface area contributed by atoms with Crippen LogP contribution in [0.1, 0.15) is 39.0 Å². The van der Waals surface area contributed by atoms with Gasteiger partial charge < -0.3 is 14.6 Å². The van der Waals surface area contributed by atoms with Gasteiger partial charge >= 0.3 is 5.97 Å². The molecule has 0 aliphatic carbocycles. The second-order valence-corrected chi connectivity index (χ2v) is 4.56. The molecular formula is C13H22O5. The molecule has 1 aliphatic rings. The molecule has 0 aromatic heterocycles. The highest BCUT2D eigenvalue weighted by Crippen LogP contribution is 2.33. The molecule has 104 valence electrons. The van der Waals surface area contributed by atoms with Gasteiger partial charge in [-0.15, -0.1) is 0 Å². The third-order valence-electron chi connectivity index (χ3n) is 3.28. The molecule has 1 fully saturated rings. The Bertz CT molecular complexity index is 289. The van der Waals surface area contributed by atoms with E-state index < -0.39 is 11.4 Å². The number of Topliss-reactive ketones (excluding diaryl/α,β-unsaturated/α-hetero) is 1. The summed E-state index contributed by atoms with van der Waals surface area (Å²) in [7, 11) is 0. The van der Waals surface area contributed by atoms with E-state index in [9.17, 15) is 9.59 Å². The van der Waals surface area contributed by atoms with Gasteiger partial charge in [0.25, 0.3) is 0 Å². The molecule has 5 nitrogen and oxygen atoms in total. The molecule has 0 saturated carbocycles. The van der Waals surface area contributed by atoms with E-state index >= 15 is 0 Å². The van der Waals surface area contributed by atoms with Crippen molar-refractivity contribution in [1.82, 2.24) is 0 Å². The van der Waals surface area contributed by atoms with Crippen LogP contribution in [0, 0.1) is 5.41 Å². The minimum atomic E-state index is -1.11. The lowest BCUT2D eigenvalue weighted by molar-refractivity contribution is -0.169. The fraction of sp³-hybridized carbons (Fsp3) is 0.846. The maximum Gasteiger partial charge on any atom is 0.322 e. The average Bonchev–Trinajstić information content (AvgIpc) is 2.37. The number of ether oxygens (including phenoxy) is 2. The van der Waals surface area contributed by atoms with Crippen LogP contribution in [0.5, 0.6) is 0 Å².